The van der Waals surface area contributed by atoms with Gasteiger partial charge >= 0.3 is 5.97 Å². The van der Waals surface area contributed by atoms with Crippen molar-refractivity contribution in [3.8, 4) is 0 Å². The van der Waals surface area contributed by atoms with Gasteiger partial charge in [-0.25, -0.2) is 0 Å². The van der Waals surface area contributed by atoms with Gasteiger partial charge in [0.1, 0.15) is 0 Å². The van der Waals surface area contributed by atoms with Gasteiger partial charge in [-0.15, -0.1) is 0 Å². The predicted molar refractivity (Wildman–Crippen MR) is 56.0 cm³/mol. The van der Waals surface area contributed by atoms with E-state index in [1.807, 2.05) is 6.92 Å². The van der Waals surface area contributed by atoms with Crippen LogP contribution in [0.25, 0.3) is 0 Å². The van der Waals surface area contributed by atoms with Crippen LogP contribution in [-0.4, -0.2) is 26.2 Å². The van der Waals surface area contributed by atoms with Crippen molar-refractivity contribution in [2.45, 2.75) is 32.6 Å². The maximum atomic E-state index is 11.2. The Bertz CT molecular complexity index is 174. The predicted octanol–water partition coefficient (Wildman–Crippen LogP) is 1.58. The number of carbonyl (C=O) groups excluding carboxylic acids is 1. The minimum atomic E-state index is -0.0748. The summed E-state index contributed by atoms with van der Waals surface area (Å²) in [5.41, 5.74) is 0. The molecule has 1 N–H and O–H groups in total. The monoisotopic (exact) mass is 199 g/mol. The first-order valence-electron chi connectivity index (χ1n) is 5.52. The van der Waals surface area contributed by atoms with Gasteiger partial charge in [0.2, 0.25) is 0 Å². The lowest BCUT2D eigenvalue weighted by atomic mass is 9.92. The molecule has 2 atom stereocenters. The molecule has 1 fully saturated rings. The molecule has 0 amide bonds. The molecule has 82 valence electrons. The third-order valence-corrected chi connectivity index (χ3v) is 2.94. The first-order valence-corrected chi connectivity index (χ1v) is 5.52. The van der Waals surface area contributed by atoms with Gasteiger partial charge in [-0.3, -0.25) is 4.79 Å². The number of methoxy groups -OCH3 is 1. The molecule has 0 aromatic heterocycles. The molecule has 3 nitrogen and oxygen atoms in total. The number of hydrogen-bond donors (Lipinski definition) is 1. The quantitative estimate of drug-likeness (QED) is 0.701. The van der Waals surface area contributed by atoms with E-state index in [0.717, 1.165) is 19.5 Å². The molecule has 1 aliphatic heterocycles. The second-order valence-electron chi connectivity index (χ2n) is 4.23. The van der Waals surface area contributed by atoms with Gasteiger partial charge in [0.25, 0.3) is 0 Å². The van der Waals surface area contributed by atoms with Crippen molar-refractivity contribution in [3.05, 3.63) is 0 Å². The van der Waals surface area contributed by atoms with Crippen LogP contribution >= 0.6 is 0 Å². The van der Waals surface area contributed by atoms with Gasteiger partial charge < -0.3 is 10.1 Å². The van der Waals surface area contributed by atoms with Crippen LogP contribution in [-0.2, 0) is 9.53 Å². The van der Waals surface area contributed by atoms with E-state index in [1.165, 1.54) is 26.4 Å². The van der Waals surface area contributed by atoms with Crippen LogP contribution in [0.4, 0.5) is 0 Å². The van der Waals surface area contributed by atoms with Crippen LogP contribution in [0.15, 0.2) is 0 Å². The van der Waals surface area contributed by atoms with Crippen molar-refractivity contribution in [2.24, 2.45) is 11.8 Å². The van der Waals surface area contributed by atoms with Crippen molar-refractivity contribution in [1.29, 1.82) is 0 Å². The van der Waals surface area contributed by atoms with Gasteiger partial charge in [-0.2, -0.15) is 0 Å². The molecule has 1 rings (SSSR count). The van der Waals surface area contributed by atoms with Crippen molar-refractivity contribution in [1.82, 2.24) is 5.32 Å². The van der Waals surface area contributed by atoms with Crippen LogP contribution in [0.5, 0.6) is 0 Å². The lowest BCUT2D eigenvalue weighted by Crippen LogP contribution is -2.24. The first kappa shape index (κ1) is 11.5. The van der Waals surface area contributed by atoms with Gasteiger partial charge in [0.05, 0.1) is 13.0 Å². The standard InChI is InChI=1S/C11H21NO2/c1-9(11(13)14-2)7-10-5-3-4-6-12-8-10/h9-10,12H,3-8H2,1-2H3. The zero-order chi connectivity index (χ0) is 10.4. The van der Waals surface area contributed by atoms with E-state index >= 15 is 0 Å². The highest BCUT2D eigenvalue weighted by Crippen LogP contribution is 2.20. The lowest BCUT2D eigenvalue weighted by molar-refractivity contribution is -0.145. The lowest BCUT2D eigenvalue weighted by Gasteiger charge is -2.17. The molecule has 1 aliphatic rings. The number of ether oxygens (including phenoxy) is 1. The molecule has 0 radical (unpaired) electrons. The zero-order valence-electron chi connectivity index (χ0n) is 9.21. The number of nitrogens with one attached hydrogen (secondary N) is 1. The SMILES string of the molecule is COC(=O)C(C)CC1CCCCNC1. The molecule has 0 spiro atoms. The summed E-state index contributed by atoms with van der Waals surface area (Å²) in [7, 11) is 1.46. The Morgan fingerprint density at radius 2 is 2.36 bits per heavy atom. The third kappa shape index (κ3) is 3.66. The summed E-state index contributed by atoms with van der Waals surface area (Å²) >= 11 is 0. The molecule has 1 saturated heterocycles. The van der Waals surface area contributed by atoms with E-state index in [9.17, 15) is 4.79 Å². The van der Waals surface area contributed by atoms with E-state index < -0.39 is 0 Å². The van der Waals surface area contributed by atoms with Crippen LogP contribution in [0.1, 0.15) is 32.6 Å². The summed E-state index contributed by atoms with van der Waals surface area (Å²) in [6.07, 6.45) is 4.75. The summed E-state index contributed by atoms with van der Waals surface area (Å²) in [4.78, 5) is 11.2. The molecular formula is C11H21NO2. The molecule has 0 saturated carbocycles. The molecule has 3 heteroatoms. The summed E-state index contributed by atoms with van der Waals surface area (Å²) in [6, 6.07) is 0. The van der Waals surface area contributed by atoms with Gasteiger partial charge in [-0.1, -0.05) is 13.3 Å². The molecule has 0 aromatic carbocycles. The molecule has 2 unspecified atom stereocenters. The van der Waals surface area contributed by atoms with Crippen molar-refractivity contribution >= 4 is 5.97 Å². The number of hydrogen-bond acceptors (Lipinski definition) is 3. The van der Waals surface area contributed by atoms with Crippen LogP contribution in [0.3, 0.4) is 0 Å². The van der Waals surface area contributed by atoms with Crippen molar-refractivity contribution in [3.63, 3.8) is 0 Å². The van der Waals surface area contributed by atoms with Crippen molar-refractivity contribution < 1.29 is 9.53 Å². The maximum absolute atomic E-state index is 11.2. The summed E-state index contributed by atoms with van der Waals surface area (Å²) in [5.74, 6) is 0.616. The Hall–Kier alpha value is -0.570. The maximum Gasteiger partial charge on any atom is 0.308 e. The Balaban J connectivity index is 2.30. The molecule has 0 aromatic rings. The fourth-order valence-corrected chi connectivity index (χ4v) is 2.09. The molecular weight excluding hydrogens is 178 g/mol. The average molecular weight is 199 g/mol. The van der Waals surface area contributed by atoms with E-state index in [4.69, 9.17) is 4.74 Å². The second kappa shape index (κ2) is 6.02. The Morgan fingerprint density at radius 3 is 3.07 bits per heavy atom. The minimum Gasteiger partial charge on any atom is -0.469 e. The number of carbonyl (C=O) groups is 1. The Labute approximate surface area is 86.2 Å². The summed E-state index contributed by atoms with van der Waals surface area (Å²) in [6.45, 7) is 4.14. The largest absolute Gasteiger partial charge is 0.469 e. The zero-order valence-corrected chi connectivity index (χ0v) is 9.21. The fourth-order valence-electron chi connectivity index (χ4n) is 2.09. The third-order valence-electron chi connectivity index (χ3n) is 2.94. The van der Waals surface area contributed by atoms with E-state index in [-0.39, 0.29) is 11.9 Å². The Kier molecular flexibility index (Phi) is 4.94. The van der Waals surface area contributed by atoms with Gasteiger partial charge in [-0.05, 0) is 38.3 Å². The summed E-state index contributed by atoms with van der Waals surface area (Å²) in [5, 5.41) is 3.41. The van der Waals surface area contributed by atoms with E-state index in [0.29, 0.717) is 5.92 Å². The van der Waals surface area contributed by atoms with Crippen molar-refractivity contribution in [2.75, 3.05) is 20.2 Å². The summed E-state index contributed by atoms with van der Waals surface area (Å²) < 4.78 is 4.73. The highest BCUT2D eigenvalue weighted by molar-refractivity contribution is 5.71. The minimum absolute atomic E-state index is 0.0462. The molecule has 0 aliphatic carbocycles. The van der Waals surface area contributed by atoms with Gasteiger partial charge in [0.15, 0.2) is 0 Å². The smallest absolute Gasteiger partial charge is 0.308 e. The van der Waals surface area contributed by atoms with Crippen LogP contribution < -0.4 is 5.32 Å². The fraction of sp³-hybridized carbons (Fsp3) is 0.909. The highest BCUT2D eigenvalue weighted by atomic mass is 16.5. The topological polar surface area (TPSA) is 38.3 Å². The highest BCUT2D eigenvalue weighted by Gasteiger charge is 2.20. The molecule has 14 heavy (non-hydrogen) atoms. The number of esters is 1. The second-order valence-corrected chi connectivity index (χ2v) is 4.23. The van der Waals surface area contributed by atoms with Crippen LogP contribution in [0.2, 0.25) is 0 Å². The average Bonchev–Trinajstić information content (AvgIpc) is 2.45. The molecule has 0 bridgehead atoms. The normalized spacial score (nSPS) is 25.1. The van der Waals surface area contributed by atoms with E-state index in [1.54, 1.807) is 0 Å². The first-order chi connectivity index (χ1) is 6.74. The Morgan fingerprint density at radius 1 is 1.57 bits per heavy atom. The molecule has 1 heterocycles. The van der Waals surface area contributed by atoms with Gasteiger partial charge in [0, 0.05) is 0 Å². The van der Waals surface area contributed by atoms with Crippen LogP contribution in [0, 0.1) is 11.8 Å². The van der Waals surface area contributed by atoms with E-state index in [2.05, 4.69) is 5.32 Å². The number of rotatable bonds is 3.